The van der Waals surface area contributed by atoms with Gasteiger partial charge in [-0.05, 0) is 19.2 Å². The first-order valence-electron chi connectivity index (χ1n) is 6.87. The number of aliphatic imine (C=N–C) groups is 1. The topological polar surface area (TPSA) is 66.0 Å². The Morgan fingerprint density at radius 1 is 1.50 bits per heavy atom. The quantitative estimate of drug-likeness (QED) is 0.615. The molecule has 1 aliphatic heterocycles. The van der Waals surface area contributed by atoms with Crippen LogP contribution in [-0.4, -0.2) is 36.9 Å². The maximum atomic E-state index is 12.0. The third-order valence-corrected chi connectivity index (χ3v) is 3.52. The van der Waals surface area contributed by atoms with Crippen LogP contribution in [0.3, 0.4) is 0 Å². The average Bonchev–Trinajstić information content (AvgIpc) is 2.54. The molecule has 118 valence electrons. The number of amides is 1. The molecule has 1 aromatic rings. The minimum atomic E-state index is -0.183. The molecule has 0 radical (unpaired) electrons. The van der Waals surface area contributed by atoms with Crippen molar-refractivity contribution in [1.82, 2.24) is 15.1 Å². The summed E-state index contributed by atoms with van der Waals surface area (Å²) in [7, 11) is 0. The molecule has 1 amide bonds. The Hall–Kier alpha value is -2.05. The van der Waals surface area contributed by atoms with E-state index in [1.807, 2.05) is 31.2 Å². The molecule has 2 rings (SSSR count). The van der Waals surface area contributed by atoms with E-state index in [9.17, 15) is 4.79 Å². The second-order valence-electron chi connectivity index (χ2n) is 4.91. The van der Waals surface area contributed by atoms with Gasteiger partial charge in [0, 0.05) is 18.3 Å². The van der Waals surface area contributed by atoms with Gasteiger partial charge in [-0.25, -0.2) is 4.99 Å². The third kappa shape index (κ3) is 4.47. The van der Waals surface area contributed by atoms with Crippen molar-refractivity contribution in [1.29, 1.82) is 0 Å². The van der Waals surface area contributed by atoms with Crippen LogP contribution in [0, 0.1) is 6.92 Å². The van der Waals surface area contributed by atoms with Crippen LogP contribution in [0.5, 0.6) is 0 Å². The Morgan fingerprint density at radius 2 is 2.23 bits per heavy atom. The fraction of sp³-hybridized carbons (Fsp3) is 0.333. The number of carbonyl (C=O) groups excluding carboxylic acids is 1. The monoisotopic (exact) mass is 322 g/mol. The van der Waals surface area contributed by atoms with Crippen molar-refractivity contribution in [2.45, 2.75) is 13.5 Å². The molecule has 1 heterocycles. The number of aryl methyl sites for hydroxylation is 1. The zero-order valence-corrected chi connectivity index (χ0v) is 13.2. The molecule has 0 saturated carbocycles. The summed E-state index contributed by atoms with van der Waals surface area (Å²) in [4.78, 5) is 15.8. The lowest BCUT2D eigenvalue weighted by Crippen LogP contribution is -2.36. The van der Waals surface area contributed by atoms with Crippen molar-refractivity contribution in [3.8, 4) is 0 Å². The van der Waals surface area contributed by atoms with Crippen molar-refractivity contribution < 1.29 is 9.53 Å². The minimum Gasteiger partial charge on any atom is -0.355 e. The summed E-state index contributed by atoms with van der Waals surface area (Å²) in [5.41, 5.74) is 2.81. The van der Waals surface area contributed by atoms with Gasteiger partial charge in [-0.3, -0.25) is 9.21 Å². The van der Waals surface area contributed by atoms with E-state index in [0.717, 1.165) is 5.56 Å². The highest BCUT2D eigenvalue weighted by Gasteiger charge is 2.19. The van der Waals surface area contributed by atoms with Gasteiger partial charge in [-0.1, -0.05) is 29.8 Å². The Kier molecular flexibility index (Phi) is 5.80. The van der Waals surface area contributed by atoms with Crippen molar-refractivity contribution >= 4 is 24.4 Å². The molecular weight excluding hydrogens is 304 g/mol. The summed E-state index contributed by atoms with van der Waals surface area (Å²) in [5, 5.41) is 5.73. The van der Waals surface area contributed by atoms with E-state index >= 15 is 0 Å². The normalized spacial score (nSPS) is 14.3. The average molecular weight is 323 g/mol. The van der Waals surface area contributed by atoms with Gasteiger partial charge in [0.1, 0.15) is 19.1 Å². The van der Waals surface area contributed by atoms with E-state index in [1.54, 1.807) is 0 Å². The molecule has 1 aromatic carbocycles. The van der Waals surface area contributed by atoms with E-state index < -0.39 is 0 Å². The molecule has 1 aliphatic rings. The van der Waals surface area contributed by atoms with E-state index in [-0.39, 0.29) is 19.1 Å². The lowest BCUT2D eigenvalue weighted by Gasteiger charge is -2.25. The fourth-order valence-electron chi connectivity index (χ4n) is 1.95. The smallest absolute Gasteiger partial charge is 0.241 e. The van der Waals surface area contributed by atoms with Crippen LogP contribution in [0.15, 0.2) is 40.8 Å². The van der Waals surface area contributed by atoms with Gasteiger partial charge in [0.25, 0.3) is 0 Å². The zero-order valence-electron chi connectivity index (χ0n) is 12.4. The molecule has 0 aromatic heterocycles. The molecule has 0 atom stereocenters. The second kappa shape index (κ2) is 7.82. The van der Waals surface area contributed by atoms with Gasteiger partial charge in [0.2, 0.25) is 5.91 Å². The van der Waals surface area contributed by atoms with E-state index in [4.69, 9.17) is 16.5 Å². The number of benzene rings is 1. The predicted molar refractivity (Wildman–Crippen MR) is 86.1 cm³/mol. The molecule has 0 aliphatic carbocycles. The second-order valence-corrected chi connectivity index (χ2v) is 5.31. The Labute approximate surface area is 134 Å². The molecule has 22 heavy (non-hydrogen) atoms. The van der Waals surface area contributed by atoms with Crippen LogP contribution < -0.4 is 10.6 Å². The number of hydrogen-bond acceptors (Lipinski definition) is 5. The molecular formula is C15H19ClN4O2. The number of hydrogen-bond donors (Lipinski definition) is 2. The van der Waals surface area contributed by atoms with Crippen LogP contribution in [0.2, 0.25) is 0 Å². The van der Waals surface area contributed by atoms with Crippen LogP contribution in [0.25, 0.3) is 0 Å². The van der Waals surface area contributed by atoms with Gasteiger partial charge in [-0.2, -0.15) is 0 Å². The van der Waals surface area contributed by atoms with E-state index in [1.165, 1.54) is 9.98 Å². The SMILES string of the molecule is C=NC1=C(N(Cl)CC(=O)NCc2ccc(C)cc2)COCN1. The molecule has 2 N–H and O–H groups in total. The lowest BCUT2D eigenvalue weighted by atomic mass is 10.1. The lowest BCUT2D eigenvalue weighted by molar-refractivity contribution is -0.121. The molecule has 0 unspecified atom stereocenters. The molecule has 0 saturated heterocycles. The fourth-order valence-corrected chi connectivity index (χ4v) is 2.19. The largest absolute Gasteiger partial charge is 0.355 e. The zero-order chi connectivity index (χ0) is 15.9. The number of nitrogens with zero attached hydrogens (tertiary/aromatic N) is 2. The van der Waals surface area contributed by atoms with Gasteiger partial charge >= 0.3 is 0 Å². The van der Waals surface area contributed by atoms with Crippen LogP contribution in [0.1, 0.15) is 11.1 Å². The number of carbonyl (C=O) groups is 1. The van der Waals surface area contributed by atoms with Gasteiger partial charge in [-0.15, -0.1) is 0 Å². The summed E-state index contributed by atoms with van der Waals surface area (Å²) in [6.07, 6.45) is 0. The minimum absolute atomic E-state index is 0.00676. The van der Waals surface area contributed by atoms with E-state index in [0.29, 0.717) is 24.8 Å². The van der Waals surface area contributed by atoms with Crippen LogP contribution >= 0.6 is 11.8 Å². The van der Waals surface area contributed by atoms with Crippen molar-refractivity contribution in [2.24, 2.45) is 4.99 Å². The standard InChI is InChI=1S/C15H19ClN4O2/c1-11-3-5-12(6-4-11)7-18-14(21)8-20(16)13-9-22-10-19-15(13)17-2/h3-6,19H,2,7-10H2,1H3,(H,18,21). The molecule has 0 fully saturated rings. The van der Waals surface area contributed by atoms with Gasteiger partial charge < -0.3 is 15.4 Å². The van der Waals surface area contributed by atoms with Crippen molar-refractivity contribution in [3.63, 3.8) is 0 Å². The first kappa shape index (κ1) is 16.3. The summed E-state index contributed by atoms with van der Waals surface area (Å²) < 4.78 is 6.54. The molecule has 0 spiro atoms. The maximum absolute atomic E-state index is 12.0. The summed E-state index contributed by atoms with van der Waals surface area (Å²) in [5.74, 6) is 0.352. The van der Waals surface area contributed by atoms with Gasteiger partial charge in [0.15, 0.2) is 0 Å². The predicted octanol–water partition coefficient (Wildman–Crippen LogP) is 1.51. The van der Waals surface area contributed by atoms with Gasteiger partial charge in [0.05, 0.1) is 12.3 Å². The Balaban J connectivity index is 1.87. The highest BCUT2D eigenvalue weighted by atomic mass is 35.5. The van der Waals surface area contributed by atoms with Crippen LogP contribution in [-0.2, 0) is 16.1 Å². The van der Waals surface area contributed by atoms with E-state index in [2.05, 4.69) is 22.3 Å². The molecule has 0 bridgehead atoms. The summed E-state index contributed by atoms with van der Waals surface area (Å²) in [6.45, 7) is 6.59. The molecule has 6 nitrogen and oxygen atoms in total. The number of rotatable bonds is 6. The highest BCUT2D eigenvalue weighted by Crippen LogP contribution is 2.15. The van der Waals surface area contributed by atoms with Crippen molar-refractivity contribution in [3.05, 3.63) is 46.9 Å². The summed E-state index contributed by atoms with van der Waals surface area (Å²) >= 11 is 6.14. The number of nitrogens with one attached hydrogen (secondary N) is 2. The first-order chi connectivity index (χ1) is 10.6. The summed E-state index contributed by atoms with van der Waals surface area (Å²) in [6, 6.07) is 7.98. The number of halogens is 1. The maximum Gasteiger partial charge on any atom is 0.241 e. The molecule has 7 heteroatoms. The highest BCUT2D eigenvalue weighted by molar-refractivity contribution is 6.15. The number of ether oxygens (including phenoxy) is 1. The first-order valence-corrected chi connectivity index (χ1v) is 7.21. The van der Waals surface area contributed by atoms with Crippen molar-refractivity contribution in [2.75, 3.05) is 19.9 Å². The Morgan fingerprint density at radius 3 is 2.91 bits per heavy atom. The Bertz CT molecular complexity index is 571. The van der Waals surface area contributed by atoms with Crippen LogP contribution in [0.4, 0.5) is 0 Å². The third-order valence-electron chi connectivity index (χ3n) is 3.20.